The quantitative estimate of drug-likeness (QED) is 0.772. The fourth-order valence-corrected chi connectivity index (χ4v) is 2.10. The summed E-state index contributed by atoms with van der Waals surface area (Å²) in [4.78, 5) is 11.8. The van der Waals surface area contributed by atoms with Gasteiger partial charge >= 0.3 is 0 Å². The van der Waals surface area contributed by atoms with E-state index in [0.29, 0.717) is 11.8 Å². The number of benzene rings is 1. The van der Waals surface area contributed by atoms with Crippen molar-refractivity contribution in [2.45, 2.75) is 23.2 Å². The molecule has 1 rings (SSSR count). The summed E-state index contributed by atoms with van der Waals surface area (Å²) in [6, 6.07) is 7.66. The van der Waals surface area contributed by atoms with Crippen molar-refractivity contribution >= 4 is 17.5 Å². The van der Waals surface area contributed by atoms with Crippen LogP contribution in [0.3, 0.4) is 0 Å². The summed E-state index contributed by atoms with van der Waals surface area (Å²) in [5.41, 5.74) is -1.48. The number of carbonyl (C=O) groups excluding carboxylic acids is 1. The minimum Gasteiger partial charge on any atom is -0.353 e. The summed E-state index contributed by atoms with van der Waals surface area (Å²) in [5.74, 6) is -3.05. The van der Waals surface area contributed by atoms with Crippen molar-refractivity contribution in [1.29, 1.82) is 5.26 Å². The van der Waals surface area contributed by atoms with E-state index in [1.165, 1.54) is 38.3 Å². The number of nitrogens with zero attached hydrogens (tertiary/aromatic N) is 1. The summed E-state index contributed by atoms with van der Waals surface area (Å²) >= 11 is 0.352. The van der Waals surface area contributed by atoms with Crippen LogP contribution in [0, 0.1) is 11.3 Å². The second-order valence-corrected chi connectivity index (χ2v) is 4.52. The van der Waals surface area contributed by atoms with Crippen LogP contribution in [0.5, 0.6) is 0 Å². The highest BCUT2D eigenvalue weighted by Gasteiger charge is 2.38. The van der Waals surface area contributed by atoms with Gasteiger partial charge in [-0.1, -0.05) is 23.9 Å². The van der Waals surface area contributed by atoms with Gasteiger partial charge in [0.05, 0.1) is 0 Å². The topological polar surface area (TPSA) is 50.1 Å². The second kappa shape index (κ2) is 5.94. The Balaban J connectivity index is 3.23. The Hall–Kier alpha value is -1.45. The summed E-state index contributed by atoms with van der Waals surface area (Å²) in [6.45, 7) is 1.22. The highest BCUT2D eigenvalue weighted by molar-refractivity contribution is 7.99. The fraction of sp³-hybridized carbons (Fsp3) is 0.333. The number of carbonyl (C=O) groups is 1. The molecule has 6 heteroatoms. The molecule has 0 aliphatic rings. The van der Waals surface area contributed by atoms with Crippen LogP contribution in [0.15, 0.2) is 29.2 Å². The molecule has 0 amide bonds. The van der Waals surface area contributed by atoms with E-state index < -0.39 is 17.1 Å². The van der Waals surface area contributed by atoms with Crippen molar-refractivity contribution in [3.8, 4) is 6.07 Å². The number of ketones is 1. The molecule has 96 valence electrons. The van der Waals surface area contributed by atoms with Crippen molar-refractivity contribution in [1.82, 2.24) is 0 Å². The zero-order chi connectivity index (χ0) is 13.8. The molecule has 0 bridgehead atoms. The number of nitriles is 1. The van der Waals surface area contributed by atoms with E-state index in [0.717, 1.165) is 0 Å². The van der Waals surface area contributed by atoms with Gasteiger partial charge in [0.25, 0.3) is 5.76 Å². The number of hydrogen-bond donors (Lipinski definition) is 0. The zero-order valence-electron chi connectivity index (χ0n) is 9.81. The monoisotopic (exact) mass is 271 g/mol. The normalized spacial score (nSPS) is 14.0. The van der Waals surface area contributed by atoms with Gasteiger partial charge in [0.15, 0.2) is 5.78 Å². The van der Waals surface area contributed by atoms with Gasteiger partial charge in [-0.05, 0) is 19.1 Å². The lowest BCUT2D eigenvalue weighted by atomic mass is 9.91. The second-order valence-electron chi connectivity index (χ2n) is 3.46. The minimum atomic E-state index is -2.56. The Morgan fingerprint density at radius 1 is 1.56 bits per heavy atom. The molecule has 3 nitrogen and oxygen atoms in total. The molecule has 0 heterocycles. The van der Waals surface area contributed by atoms with Crippen molar-refractivity contribution in [2.75, 3.05) is 7.11 Å². The highest BCUT2D eigenvalue weighted by atomic mass is 32.2. The molecule has 1 atom stereocenters. The van der Waals surface area contributed by atoms with E-state index >= 15 is 0 Å². The van der Waals surface area contributed by atoms with Gasteiger partial charge < -0.3 is 4.74 Å². The Labute approximate surface area is 108 Å². The molecule has 1 aromatic carbocycles. The molecule has 0 saturated heterocycles. The predicted octanol–water partition coefficient (Wildman–Crippen LogP) is 2.96. The van der Waals surface area contributed by atoms with Crippen molar-refractivity contribution in [3.63, 3.8) is 0 Å². The first kappa shape index (κ1) is 14.6. The standard InChI is InChI=1S/C12H11F2NO2S/c1-8(16)12(7-15,17-2)9-4-3-5-10(6-9)18-11(13)14/h3-6,11H,1-2H3. The zero-order valence-corrected chi connectivity index (χ0v) is 10.6. The third-order valence-corrected chi connectivity index (χ3v) is 3.13. The van der Waals surface area contributed by atoms with Crippen LogP contribution in [0.25, 0.3) is 0 Å². The molecule has 0 fully saturated rings. The molecule has 1 aromatic rings. The lowest BCUT2D eigenvalue weighted by molar-refractivity contribution is -0.133. The van der Waals surface area contributed by atoms with E-state index in [1.54, 1.807) is 6.07 Å². The number of alkyl halides is 2. The Morgan fingerprint density at radius 3 is 2.67 bits per heavy atom. The van der Waals surface area contributed by atoms with E-state index in [-0.39, 0.29) is 10.5 Å². The molecule has 1 unspecified atom stereocenters. The maximum Gasteiger partial charge on any atom is 0.288 e. The molecule has 0 N–H and O–H groups in total. The summed E-state index contributed by atoms with van der Waals surface area (Å²) in [6.07, 6.45) is 0. The average Bonchev–Trinajstić information content (AvgIpc) is 2.30. The Bertz CT molecular complexity index is 487. The van der Waals surface area contributed by atoms with Gasteiger partial charge in [0.1, 0.15) is 6.07 Å². The summed E-state index contributed by atoms with van der Waals surface area (Å²) in [5, 5.41) is 9.12. The number of rotatable bonds is 5. The predicted molar refractivity (Wildman–Crippen MR) is 63.3 cm³/mol. The van der Waals surface area contributed by atoms with Crippen LogP contribution < -0.4 is 0 Å². The van der Waals surface area contributed by atoms with Gasteiger partial charge in [-0.15, -0.1) is 0 Å². The number of methoxy groups -OCH3 is 1. The van der Waals surface area contributed by atoms with Gasteiger partial charge in [0, 0.05) is 17.6 Å². The molecule has 0 spiro atoms. The molecule has 0 aliphatic carbocycles. The summed E-state index contributed by atoms with van der Waals surface area (Å²) in [7, 11) is 1.23. The maximum absolute atomic E-state index is 12.3. The van der Waals surface area contributed by atoms with Gasteiger partial charge in [-0.2, -0.15) is 14.0 Å². The fourth-order valence-electron chi connectivity index (χ4n) is 1.55. The SMILES string of the molecule is COC(C#N)(C(C)=O)c1cccc(SC(F)F)c1. The van der Waals surface area contributed by atoms with Gasteiger partial charge in [0.2, 0.25) is 5.60 Å². The van der Waals surface area contributed by atoms with Crippen LogP contribution in [-0.2, 0) is 15.1 Å². The van der Waals surface area contributed by atoms with Crippen LogP contribution in [-0.4, -0.2) is 18.7 Å². The largest absolute Gasteiger partial charge is 0.353 e. The molecule has 0 radical (unpaired) electrons. The number of ether oxygens (including phenoxy) is 1. The van der Waals surface area contributed by atoms with Crippen LogP contribution in [0.2, 0.25) is 0 Å². The minimum absolute atomic E-state index is 0.255. The molecular weight excluding hydrogens is 260 g/mol. The first-order valence-electron chi connectivity index (χ1n) is 4.99. The average molecular weight is 271 g/mol. The highest BCUT2D eigenvalue weighted by Crippen LogP contribution is 2.31. The van der Waals surface area contributed by atoms with E-state index in [9.17, 15) is 13.6 Å². The number of halogens is 2. The lowest BCUT2D eigenvalue weighted by Crippen LogP contribution is -2.34. The lowest BCUT2D eigenvalue weighted by Gasteiger charge is -2.22. The third-order valence-electron chi connectivity index (χ3n) is 2.43. The first-order valence-corrected chi connectivity index (χ1v) is 5.87. The van der Waals surface area contributed by atoms with Crippen molar-refractivity contribution < 1.29 is 18.3 Å². The van der Waals surface area contributed by atoms with E-state index in [2.05, 4.69) is 0 Å². The van der Waals surface area contributed by atoms with Crippen molar-refractivity contribution in [2.24, 2.45) is 0 Å². The Kier molecular flexibility index (Phi) is 4.82. The molecule has 0 aliphatic heterocycles. The maximum atomic E-state index is 12.3. The smallest absolute Gasteiger partial charge is 0.288 e. The Morgan fingerprint density at radius 2 is 2.22 bits per heavy atom. The molecular formula is C12H11F2NO2S. The number of Topliss-reactive ketones (excluding diaryl/α,β-unsaturated/α-hetero) is 1. The van der Waals surface area contributed by atoms with Gasteiger partial charge in [-0.3, -0.25) is 4.79 Å². The van der Waals surface area contributed by atoms with Gasteiger partial charge in [-0.25, -0.2) is 0 Å². The van der Waals surface area contributed by atoms with Crippen LogP contribution in [0.1, 0.15) is 12.5 Å². The summed E-state index contributed by atoms with van der Waals surface area (Å²) < 4.78 is 29.5. The first-order chi connectivity index (χ1) is 8.46. The number of hydrogen-bond acceptors (Lipinski definition) is 4. The number of thioether (sulfide) groups is 1. The molecule has 0 saturated carbocycles. The van der Waals surface area contributed by atoms with Crippen molar-refractivity contribution in [3.05, 3.63) is 29.8 Å². The molecule has 0 aromatic heterocycles. The van der Waals surface area contributed by atoms with Crippen LogP contribution in [0.4, 0.5) is 8.78 Å². The van der Waals surface area contributed by atoms with Crippen LogP contribution >= 0.6 is 11.8 Å². The third kappa shape index (κ3) is 2.86. The van der Waals surface area contributed by atoms with E-state index in [4.69, 9.17) is 10.00 Å². The molecule has 18 heavy (non-hydrogen) atoms. The van der Waals surface area contributed by atoms with E-state index in [1.807, 2.05) is 0 Å².